The summed E-state index contributed by atoms with van der Waals surface area (Å²) in [6.45, 7) is 2.69. The van der Waals surface area contributed by atoms with Gasteiger partial charge in [0.15, 0.2) is 24.7 Å². The lowest BCUT2D eigenvalue weighted by molar-refractivity contribution is -0.141. The van der Waals surface area contributed by atoms with Gasteiger partial charge in [0.2, 0.25) is 0 Å². The third-order valence-electron chi connectivity index (χ3n) is 4.18. The third-order valence-corrected chi connectivity index (χ3v) is 7.73. The van der Waals surface area contributed by atoms with Crippen molar-refractivity contribution in [2.75, 3.05) is 11.5 Å². The van der Waals surface area contributed by atoms with E-state index in [4.69, 9.17) is 0 Å². The summed E-state index contributed by atoms with van der Waals surface area (Å²) in [4.78, 5) is 6.63. The fourth-order valence-electron chi connectivity index (χ4n) is 2.57. The largest absolute Gasteiger partial charge is 0.433 e. The van der Waals surface area contributed by atoms with Gasteiger partial charge in [0.25, 0.3) is 0 Å². The summed E-state index contributed by atoms with van der Waals surface area (Å²) in [6.07, 6.45) is -1.38. The van der Waals surface area contributed by atoms with E-state index in [2.05, 4.69) is 15.1 Å². The first-order valence-corrected chi connectivity index (χ1v) is 11.6. The van der Waals surface area contributed by atoms with Crippen molar-refractivity contribution in [2.45, 2.75) is 29.9 Å². The standard InChI is InChI=1S/C16H15F3N4O4S2/c1-3-28(24,25)13-5-11(9-21-15(13)29(26,27)4-2)23-12-6-14(16(17,18)19)20-7-10(12)8-22-23/h5-9H,3-4H2,1-2H3. The molecule has 0 unspecified atom stereocenters. The number of hydrogen-bond donors (Lipinski definition) is 0. The zero-order chi connectivity index (χ0) is 21.6. The Hall–Kier alpha value is -2.54. The molecule has 3 aromatic rings. The molecule has 0 atom stereocenters. The van der Waals surface area contributed by atoms with Crippen LogP contribution in [0.1, 0.15) is 19.5 Å². The molecule has 8 nitrogen and oxygen atoms in total. The van der Waals surface area contributed by atoms with Crippen LogP contribution in [0.25, 0.3) is 16.6 Å². The van der Waals surface area contributed by atoms with Gasteiger partial charge in [-0.1, -0.05) is 13.8 Å². The predicted octanol–water partition coefficient (Wildman–Crippen LogP) is 2.42. The van der Waals surface area contributed by atoms with Crippen molar-refractivity contribution in [3.8, 4) is 5.69 Å². The molecule has 0 saturated carbocycles. The molecule has 156 valence electrons. The van der Waals surface area contributed by atoms with Crippen molar-refractivity contribution >= 4 is 30.6 Å². The summed E-state index contributed by atoms with van der Waals surface area (Å²) < 4.78 is 89.5. The Morgan fingerprint density at radius 3 is 2.17 bits per heavy atom. The van der Waals surface area contributed by atoms with E-state index in [1.807, 2.05) is 0 Å². The normalized spacial score (nSPS) is 13.1. The van der Waals surface area contributed by atoms with Crippen LogP contribution in [0, 0.1) is 0 Å². The van der Waals surface area contributed by atoms with Crippen molar-refractivity contribution in [3.05, 3.63) is 36.4 Å². The van der Waals surface area contributed by atoms with E-state index >= 15 is 0 Å². The number of fused-ring (bicyclic) bond motifs is 1. The van der Waals surface area contributed by atoms with Gasteiger partial charge in [-0.2, -0.15) is 18.3 Å². The highest BCUT2D eigenvalue weighted by atomic mass is 32.2. The smallest absolute Gasteiger partial charge is 0.251 e. The fraction of sp³-hybridized carbons (Fsp3) is 0.312. The van der Waals surface area contributed by atoms with Crippen LogP contribution in [0.4, 0.5) is 13.2 Å². The Morgan fingerprint density at radius 1 is 0.931 bits per heavy atom. The number of sulfone groups is 2. The molecule has 3 aromatic heterocycles. The van der Waals surface area contributed by atoms with E-state index in [1.165, 1.54) is 20.0 Å². The van der Waals surface area contributed by atoms with Gasteiger partial charge in [-0.3, -0.25) is 4.98 Å². The van der Waals surface area contributed by atoms with E-state index in [-0.39, 0.29) is 28.1 Å². The van der Waals surface area contributed by atoms with Crippen LogP contribution in [0.15, 0.2) is 40.6 Å². The van der Waals surface area contributed by atoms with Gasteiger partial charge < -0.3 is 0 Å². The van der Waals surface area contributed by atoms with Gasteiger partial charge >= 0.3 is 6.18 Å². The Kier molecular flexibility index (Phi) is 5.15. The van der Waals surface area contributed by atoms with Crippen molar-refractivity contribution in [3.63, 3.8) is 0 Å². The molecule has 0 radical (unpaired) electrons. The SMILES string of the molecule is CCS(=O)(=O)c1cc(-n2ncc3cnc(C(F)(F)F)cc32)cnc1S(=O)(=O)CC. The minimum absolute atomic E-state index is 0.00130. The molecule has 0 fully saturated rings. The number of pyridine rings is 2. The summed E-state index contributed by atoms with van der Waals surface area (Å²) in [5, 5.41) is 3.66. The van der Waals surface area contributed by atoms with Gasteiger partial charge in [-0.15, -0.1) is 0 Å². The summed E-state index contributed by atoms with van der Waals surface area (Å²) in [5.41, 5.74) is -1.13. The summed E-state index contributed by atoms with van der Waals surface area (Å²) >= 11 is 0. The molecule has 3 rings (SSSR count). The van der Waals surface area contributed by atoms with Gasteiger partial charge in [0.05, 0.1) is 35.1 Å². The van der Waals surface area contributed by atoms with Crippen LogP contribution in [0.5, 0.6) is 0 Å². The summed E-state index contributed by atoms with van der Waals surface area (Å²) in [6, 6.07) is 1.82. The monoisotopic (exact) mass is 448 g/mol. The minimum Gasteiger partial charge on any atom is -0.251 e. The van der Waals surface area contributed by atoms with Gasteiger partial charge in [0, 0.05) is 11.6 Å². The molecular weight excluding hydrogens is 433 g/mol. The second-order valence-corrected chi connectivity index (χ2v) is 10.4. The number of nitrogens with zero attached hydrogens (tertiary/aromatic N) is 4. The maximum absolute atomic E-state index is 13.0. The number of halogens is 3. The van der Waals surface area contributed by atoms with Crippen molar-refractivity contribution in [2.24, 2.45) is 0 Å². The predicted molar refractivity (Wildman–Crippen MR) is 97.1 cm³/mol. The molecule has 29 heavy (non-hydrogen) atoms. The Labute approximate surface area is 164 Å². The van der Waals surface area contributed by atoms with Gasteiger partial charge in [0.1, 0.15) is 10.6 Å². The second-order valence-electron chi connectivity index (χ2n) is 5.99. The summed E-state index contributed by atoms with van der Waals surface area (Å²) in [7, 11) is -7.95. The molecule has 0 aliphatic carbocycles. The Balaban J connectivity index is 2.29. The molecule has 0 aromatic carbocycles. The number of rotatable bonds is 5. The van der Waals surface area contributed by atoms with Crippen LogP contribution >= 0.6 is 0 Å². The zero-order valence-corrected chi connectivity index (χ0v) is 16.8. The maximum atomic E-state index is 13.0. The minimum atomic E-state index is -4.68. The lowest BCUT2D eigenvalue weighted by Crippen LogP contribution is -2.16. The highest BCUT2D eigenvalue weighted by Crippen LogP contribution is 2.31. The molecule has 0 bridgehead atoms. The second kappa shape index (κ2) is 7.06. The van der Waals surface area contributed by atoms with Crippen LogP contribution in [-0.4, -0.2) is 48.1 Å². The average molecular weight is 448 g/mol. The molecule has 0 aliphatic rings. The molecule has 3 heterocycles. The zero-order valence-electron chi connectivity index (χ0n) is 15.2. The van der Waals surface area contributed by atoms with E-state index in [1.54, 1.807) is 0 Å². The van der Waals surface area contributed by atoms with E-state index in [0.29, 0.717) is 0 Å². The molecular formula is C16H15F3N4O4S2. The maximum Gasteiger partial charge on any atom is 0.433 e. The van der Waals surface area contributed by atoms with Crippen molar-refractivity contribution in [1.82, 2.24) is 19.7 Å². The first-order valence-electron chi connectivity index (χ1n) is 8.27. The molecule has 0 aliphatic heterocycles. The first kappa shape index (κ1) is 21.2. The highest BCUT2D eigenvalue weighted by molar-refractivity contribution is 7.94. The van der Waals surface area contributed by atoms with Crippen LogP contribution in [0.2, 0.25) is 0 Å². The fourth-order valence-corrected chi connectivity index (χ4v) is 5.11. The van der Waals surface area contributed by atoms with Gasteiger partial charge in [-0.25, -0.2) is 26.5 Å². The molecule has 0 spiro atoms. The number of hydrogen-bond acceptors (Lipinski definition) is 7. The van der Waals surface area contributed by atoms with E-state index in [0.717, 1.165) is 29.2 Å². The lowest BCUT2D eigenvalue weighted by Gasteiger charge is -2.12. The number of aromatic nitrogens is 4. The van der Waals surface area contributed by atoms with E-state index < -0.39 is 41.5 Å². The number of alkyl halides is 3. The summed E-state index contributed by atoms with van der Waals surface area (Å²) in [5.74, 6) is -0.747. The topological polar surface area (TPSA) is 112 Å². The lowest BCUT2D eigenvalue weighted by atomic mass is 10.2. The van der Waals surface area contributed by atoms with Crippen LogP contribution < -0.4 is 0 Å². The molecule has 0 amide bonds. The third kappa shape index (κ3) is 3.83. The highest BCUT2D eigenvalue weighted by Gasteiger charge is 2.33. The van der Waals surface area contributed by atoms with Crippen LogP contribution in [0.3, 0.4) is 0 Å². The first-order chi connectivity index (χ1) is 13.4. The average Bonchev–Trinajstić information content (AvgIpc) is 3.10. The van der Waals surface area contributed by atoms with Crippen molar-refractivity contribution in [1.29, 1.82) is 0 Å². The van der Waals surface area contributed by atoms with E-state index in [9.17, 15) is 30.0 Å². The Morgan fingerprint density at radius 2 is 1.59 bits per heavy atom. The van der Waals surface area contributed by atoms with Gasteiger partial charge in [-0.05, 0) is 12.1 Å². The quantitative estimate of drug-likeness (QED) is 0.589. The Bertz CT molecular complexity index is 1300. The van der Waals surface area contributed by atoms with Crippen LogP contribution in [-0.2, 0) is 25.9 Å². The molecule has 13 heteroatoms. The molecule has 0 N–H and O–H groups in total. The molecule has 0 saturated heterocycles. The van der Waals surface area contributed by atoms with Crippen molar-refractivity contribution < 1.29 is 30.0 Å².